The van der Waals surface area contributed by atoms with Crippen LogP contribution in [0.3, 0.4) is 0 Å². The van der Waals surface area contributed by atoms with E-state index in [0.717, 1.165) is 12.8 Å². The third kappa shape index (κ3) is 19.9. The molecule has 130 valence electrons. The molecule has 0 saturated heterocycles. The quantitative estimate of drug-likeness (QED) is 0.198. The number of rotatable bonds is 17. The van der Waals surface area contributed by atoms with E-state index in [1.54, 1.807) is 0 Å². The lowest BCUT2D eigenvalue weighted by Gasteiger charge is -2.03. The fourth-order valence-electron chi connectivity index (χ4n) is 2.72. The molecular formula is C19H35IO2. The van der Waals surface area contributed by atoms with Crippen molar-refractivity contribution in [1.82, 2.24) is 0 Å². The highest BCUT2D eigenvalue weighted by Crippen LogP contribution is 2.13. The molecule has 22 heavy (non-hydrogen) atoms. The summed E-state index contributed by atoms with van der Waals surface area (Å²) >= 11 is 2.29. The minimum atomic E-state index is -0.655. The third-order valence-corrected chi connectivity index (χ3v) is 4.61. The molecule has 1 N–H and O–H groups in total. The first-order chi connectivity index (χ1) is 10.8. The molecule has 0 aliphatic carbocycles. The van der Waals surface area contributed by atoms with Gasteiger partial charge in [0, 0.05) is 6.42 Å². The van der Waals surface area contributed by atoms with Crippen LogP contribution in [0.15, 0.2) is 10.2 Å². The van der Waals surface area contributed by atoms with Gasteiger partial charge in [0.1, 0.15) is 0 Å². The van der Waals surface area contributed by atoms with Crippen molar-refractivity contribution in [1.29, 1.82) is 0 Å². The zero-order chi connectivity index (χ0) is 16.3. The second-order valence-corrected chi connectivity index (χ2v) is 6.96. The number of unbranched alkanes of at least 4 members (excludes halogenated alkanes) is 14. The molecule has 0 aromatic rings. The van der Waals surface area contributed by atoms with Crippen LogP contribution in [0.2, 0.25) is 0 Å². The number of hydrogen-bond donors (Lipinski definition) is 1. The highest BCUT2D eigenvalue weighted by molar-refractivity contribution is 14.1. The van der Waals surface area contributed by atoms with Crippen molar-refractivity contribution in [3.8, 4) is 0 Å². The number of halogens is 1. The van der Waals surface area contributed by atoms with Gasteiger partial charge in [0.25, 0.3) is 0 Å². The van der Waals surface area contributed by atoms with Gasteiger partial charge in [0.05, 0.1) is 0 Å². The second-order valence-electron chi connectivity index (χ2n) is 6.24. The molecular weight excluding hydrogens is 387 g/mol. The Balaban J connectivity index is 2.98. The second kappa shape index (κ2) is 19.0. The van der Waals surface area contributed by atoms with Crippen LogP contribution in [0.25, 0.3) is 0 Å². The Morgan fingerprint density at radius 2 is 1.05 bits per heavy atom. The number of carbonyl (C=O) groups is 1. The molecule has 0 unspecified atom stereocenters. The lowest BCUT2D eigenvalue weighted by molar-refractivity contribution is -0.137. The van der Waals surface area contributed by atoms with Crippen LogP contribution in [0.5, 0.6) is 0 Å². The lowest BCUT2D eigenvalue weighted by atomic mass is 10.0. The van der Waals surface area contributed by atoms with Crippen LogP contribution in [0, 0.1) is 0 Å². The topological polar surface area (TPSA) is 37.3 Å². The fraction of sp³-hybridized carbons (Fsp3) is 0.842. The van der Waals surface area contributed by atoms with E-state index in [2.05, 4.69) is 32.7 Å². The largest absolute Gasteiger partial charge is 0.481 e. The zero-order valence-electron chi connectivity index (χ0n) is 14.2. The van der Waals surface area contributed by atoms with Crippen molar-refractivity contribution >= 4 is 28.6 Å². The molecule has 2 nitrogen and oxygen atoms in total. The molecule has 0 aromatic heterocycles. The van der Waals surface area contributed by atoms with Crippen LogP contribution in [-0.4, -0.2) is 11.1 Å². The van der Waals surface area contributed by atoms with Gasteiger partial charge in [-0.15, -0.1) is 0 Å². The van der Waals surface area contributed by atoms with Crippen molar-refractivity contribution in [3.05, 3.63) is 10.2 Å². The fourth-order valence-corrected chi connectivity index (χ4v) is 3.08. The molecule has 0 spiro atoms. The summed E-state index contributed by atoms with van der Waals surface area (Å²) in [5.74, 6) is -0.655. The number of allylic oxidation sites excluding steroid dienone is 1. The molecule has 0 fully saturated rings. The third-order valence-electron chi connectivity index (χ3n) is 4.10. The number of carboxylic acid groups (broad SMARTS) is 1. The summed E-state index contributed by atoms with van der Waals surface area (Å²) in [4.78, 5) is 10.4. The maximum Gasteiger partial charge on any atom is 0.303 e. The maximum absolute atomic E-state index is 10.4. The van der Waals surface area contributed by atoms with Gasteiger partial charge >= 0.3 is 5.97 Å². The van der Waals surface area contributed by atoms with Gasteiger partial charge in [-0.25, -0.2) is 0 Å². The molecule has 0 aliphatic heterocycles. The number of carboxylic acids is 1. The first kappa shape index (κ1) is 21.9. The Labute approximate surface area is 151 Å². The van der Waals surface area contributed by atoms with Crippen molar-refractivity contribution in [3.63, 3.8) is 0 Å². The van der Waals surface area contributed by atoms with Crippen LogP contribution in [0.1, 0.15) is 103 Å². The Bertz CT molecular complexity index is 264. The van der Waals surface area contributed by atoms with Crippen molar-refractivity contribution < 1.29 is 9.90 Å². The summed E-state index contributed by atoms with van der Waals surface area (Å²) in [5, 5.41) is 8.54. The predicted octanol–water partition coefficient (Wildman–Crippen LogP) is 7.26. The van der Waals surface area contributed by atoms with Crippen LogP contribution < -0.4 is 0 Å². The monoisotopic (exact) mass is 422 g/mol. The smallest absolute Gasteiger partial charge is 0.303 e. The molecule has 0 heterocycles. The van der Waals surface area contributed by atoms with E-state index in [1.165, 1.54) is 83.5 Å². The maximum atomic E-state index is 10.4. The summed E-state index contributed by atoms with van der Waals surface area (Å²) in [5.41, 5.74) is 0. The Hall–Kier alpha value is -0.0600. The van der Waals surface area contributed by atoms with Gasteiger partial charge in [-0.3, -0.25) is 4.79 Å². The highest BCUT2D eigenvalue weighted by atomic mass is 127. The molecule has 0 aromatic carbocycles. The van der Waals surface area contributed by atoms with Crippen LogP contribution >= 0.6 is 22.6 Å². The SMILES string of the molecule is O=C(O)CCCCCCCCCCCCCCCCC=CI. The number of aliphatic carboxylic acids is 1. The summed E-state index contributed by atoms with van der Waals surface area (Å²) in [7, 11) is 0. The molecule has 0 aliphatic rings. The summed E-state index contributed by atoms with van der Waals surface area (Å²) < 4.78 is 2.12. The molecule has 0 bridgehead atoms. The van der Waals surface area contributed by atoms with E-state index in [4.69, 9.17) is 5.11 Å². The molecule has 0 rings (SSSR count). The van der Waals surface area contributed by atoms with Crippen LogP contribution in [0.4, 0.5) is 0 Å². The standard InChI is InChI=1S/C19H35IO2/c20-18-16-14-12-10-8-6-4-2-1-3-5-7-9-11-13-15-17-19(21)22/h16,18H,1-15,17H2,(H,21,22). The normalized spacial score (nSPS) is 11.3. The van der Waals surface area contributed by atoms with E-state index < -0.39 is 5.97 Å². The van der Waals surface area contributed by atoms with Crippen molar-refractivity contribution in [2.75, 3.05) is 0 Å². The molecule has 0 atom stereocenters. The van der Waals surface area contributed by atoms with Crippen molar-refractivity contribution in [2.24, 2.45) is 0 Å². The summed E-state index contributed by atoms with van der Waals surface area (Å²) in [6.07, 6.45) is 22.1. The van der Waals surface area contributed by atoms with Gasteiger partial charge < -0.3 is 5.11 Å². The molecule has 3 heteroatoms. The first-order valence-electron chi connectivity index (χ1n) is 9.24. The number of hydrogen-bond acceptors (Lipinski definition) is 1. The minimum Gasteiger partial charge on any atom is -0.481 e. The van der Waals surface area contributed by atoms with Gasteiger partial charge in [-0.1, -0.05) is 106 Å². The zero-order valence-corrected chi connectivity index (χ0v) is 16.4. The summed E-state index contributed by atoms with van der Waals surface area (Å²) in [6, 6.07) is 0. The van der Waals surface area contributed by atoms with E-state index >= 15 is 0 Å². The highest BCUT2D eigenvalue weighted by Gasteiger charge is 1.97. The molecule has 0 amide bonds. The Kier molecular flexibility index (Phi) is 18.9. The van der Waals surface area contributed by atoms with E-state index in [0.29, 0.717) is 6.42 Å². The Morgan fingerprint density at radius 1 is 0.682 bits per heavy atom. The van der Waals surface area contributed by atoms with Crippen molar-refractivity contribution in [2.45, 2.75) is 103 Å². The van der Waals surface area contributed by atoms with Gasteiger partial charge in [0.15, 0.2) is 0 Å². The Morgan fingerprint density at radius 3 is 1.41 bits per heavy atom. The lowest BCUT2D eigenvalue weighted by Crippen LogP contribution is -1.93. The predicted molar refractivity (Wildman–Crippen MR) is 105 cm³/mol. The molecule has 0 radical (unpaired) electrons. The van der Waals surface area contributed by atoms with E-state index in [1.807, 2.05) is 0 Å². The first-order valence-corrected chi connectivity index (χ1v) is 10.5. The van der Waals surface area contributed by atoms with Gasteiger partial charge in [0.2, 0.25) is 0 Å². The van der Waals surface area contributed by atoms with Gasteiger partial charge in [-0.2, -0.15) is 0 Å². The van der Waals surface area contributed by atoms with Gasteiger partial charge in [-0.05, 0) is 23.3 Å². The minimum absolute atomic E-state index is 0.342. The average molecular weight is 422 g/mol. The molecule has 0 saturated carbocycles. The van der Waals surface area contributed by atoms with Crippen LogP contribution in [-0.2, 0) is 4.79 Å². The van der Waals surface area contributed by atoms with E-state index in [-0.39, 0.29) is 0 Å². The summed E-state index contributed by atoms with van der Waals surface area (Å²) in [6.45, 7) is 0. The average Bonchev–Trinajstić information content (AvgIpc) is 2.50. The van der Waals surface area contributed by atoms with E-state index in [9.17, 15) is 4.79 Å².